The summed E-state index contributed by atoms with van der Waals surface area (Å²) < 4.78 is 7.45. The van der Waals surface area contributed by atoms with Gasteiger partial charge in [0.05, 0.1) is 24.4 Å². The van der Waals surface area contributed by atoms with Gasteiger partial charge in [0.1, 0.15) is 5.75 Å². The summed E-state index contributed by atoms with van der Waals surface area (Å²) in [5, 5.41) is 25.4. The Bertz CT molecular complexity index is 965. The summed E-state index contributed by atoms with van der Waals surface area (Å²) >= 11 is 0. The first-order valence-corrected chi connectivity index (χ1v) is 9.44. The fourth-order valence-corrected chi connectivity index (χ4v) is 3.73. The van der Waals surface area contributed by atoms with Crippen LogP contribution in [-0.2, 0) is 0 Å². The van der Waals surface area contributed by atoms with E-state index in [0.717, 1.165) is 36.6 Å². The number of hydrogen-bond donors (Lipinski definition) is 2. The number of hydrogen-bond acceptors (Lipinski definition) is 6. The molecule has 0 unspecified atom stereocenters. The number of carbonyl (C=O) groups excluding carboxylic acids is 1. The first kappa shape index (κ1) is 18.4. The van der Waals surface area contributed by atoms with Crippen LogP contribution in [0.2, 0.25) is 0 Å². The maximum Gasteiger partial charge on any atom is 0.276 e. The van der Waals surface area contributed by atoms with Crippen molar-refractivity contribution in [1.82, 2.24) is 20.0 Å². The third kappa shape index (κ3) is 3.68. The van der Waals surface area contributed by atoms with Crippen molar-refractivity contribution in [3.63, 3.8) is 0 Å². The second-order valence-corrected chi connectivity index (χ2v) is 7.14. The summed E-state index contributed by atoms with van der Waals surface area (Å²) in [5.74, 6) is 0.601. The molecule has 0 radical (unpaired) electrons. The van der Waals surface area contributed by atoms with Crippen molar-refractivity contribution in [2.75, 3.05) is 19.0 Å². The molecule has 3 aromatic rings. The molecule has 2 aromatic heterocycles. The number of ether oxygens (including phenoxy) is 1. The minimum absolute atomic E-state index is 0.237. The molecule has 8 heteroatoms. The van der Waals surface area contributed by atoms with Gasteiger partial charge in [0, 0.05) is 30.5 Å². The Hall–Kier alpha value is -3.00. The first-order valence-electron chi connectivity index (χ1n) is 9.44. The molecule has 0 atom stereocenters. The van der Waals surface area contributed by atoms with E-state index < -0.39 is 0 Å². The standard InChI is InChI=1S/C20H23N5O3/c1-28-19-10-17-14(9-18(19)22-20(27)16-3-2-8-21-23-16)11-25(24-17)15-6-4-13(12-26)5-7-15/h2-3,8-11,13,15,26H,4-7,12H2,1H3,(H,22,27). The van der Waals surface area contributed by atoms with E-state index in [-0.39, 0.29) is 18.2 Å². The molecule has 0 spiro atoms. The Morgan fingerprint density at radius 1 is 1.32 bits per heavy atom. The van der Waals surface area contributed by atoms with Gasteiger partial charge in [-0.1, -0.05) is 0 Å². The zero-order valence-corrected chi connectivity index (χ0v) is 15.7. The molecule has 0 bridgehead atoms. The Morgan fingerprint density at radius 3 is 2.82 bits per heavy atom. The average molecular weight is 381 g/mol. The fourth-order valence-electron chi connectivity index (χ4n) is 3.73. The lowest BCUT2D eigenvalue weighted by Gasteiger charge is -2.27. The highest BCUT2D eigenvalue weighted by Gasteiger charge is 2.23. The van der Waals surface area contributed by atoms with Crippen molar-refractivity contribution >= 4 is 22.5 Å². The highest BCUT2D eigenvalue weighted by Crippen LogP contribution is 2.34. The molecule has 146 valence electrons. The van der Waals surface area contributed by atoms with E-state index in [0.29, 0.717) is 23.4 Å². The number of anilines is 1. The topological polar surface area (TPSA) is 102 Å². The van der Waals surface area contributed by atoms with E-state index in [2.05, 4.69) is 15.5 Å². The fraction of sp³-hybridized carbons (Fsp3) is 0.400. The number of nitrogens with zero attached hydrogens (tertiary/aromatic N) is 4. The van der Waals surface area contributed by atoms with E-state index in [4.69, 9.17) is 9.84 Å². The number of fused-ring (bicyclic) bond motifs is 1. The molecule has 4 rings (SSSR count). The Labute approximate surface area is 162 Å². The highest BCUT2D eigenvalue weighted by molar-refractivity contribution is 6.04. The van der Waals surface area contributed by atoms with Crippen LogP contribution in [0.1, 0.15) is 42.2 Å². The Morgan fingerprint density at radius 2 is 2.14 bits per heavy atom. The first-order chi connectivity index (χ1) is 13.7. The predicted octanol–water partition coefficient (Wildman–Crippen LogP) is 2.81. The van der Waals surface area contributed by atoms with Crippen molar-refractivity contribution in [3.8, 4) is 5.75 Å². The van der Waals surface area contributed by atoms with Gasteiger partial charge in [0.25, 0.3) is 5.91 Å². The number of methoxy groups -OCH3 is 1. The van der Waals surface area contributed by atoms with Gasteiger partial charge in [-0.3, -0.25) is 9.48 Å². The van der Waals surface area contributed by atoms with Crippen LogP contribution >= 0.6 is 0 Å². The van der Waals surface area contributed by atoms with Crippen LogP contribution in [0.4, 0.5) is 5.69 Å². The zero-order chi connectivity index (χ0) is 19.5. The molecule has 1 aliphatic rings. The molecule has 1 amide bonds. The van der Waals surface area contributed by atoms with Gasteiger partial charge < -0.3 is 15.2 Å². The lowest BCUT2D eigenvalue weighted by molar-refractivity contribution is 0.102. The van der Waals surface area contributed by atoms with Crippen LogP contribution in [0.25, 0.3) is 10.9 Å². The lowest BCUT2D eigenvalue weighted by atomic mass is 9.87. The van der Waals surface area contributed by atoms with Crippen LogP contribution < -0.4 is 10.1 Å². The summed E-state index contributed by atoms with van der Waals surface area (Å²) in [5.41, 5.74) is 1.62. The minimum atomic E-state index is -0.347. The minimum Gasteiger partial charge on any atom is -0.494 e. The van der Waals surface area contributed by atoms with Gasteiger partial charge in [-0.2, -0.15) is 10.2 Å². The molecule has 0 aliphatic heterocycles. The van der Waals surface area contributed by atoms with Gasteiger partial charge >= 0.3 is 0 Å². The van der Waals surface area contributed by atoms with Crippen LogP contribution in [0.3, 0.4) is 0 Å². The Kier molecular flexibility index (Phi) is 5.21. The summed E-state index contributed by atoms with van der Waals surface area (Å²) in [4.78, 5) is 12.4. The molecular weight excluding hydrogens is 358 g/mol. The number of aromatic nitrogens is 4. The van der Waals surface area contributed by atoms with Gasteiger partial charge in [0.15, 0.2) is 5.69 Å². The number of aliphatic hydroxyl groups is 1. The highest BCUT2D eigenvalue weighted by atomic mass is 16.5. The number of rotatable bonds is 5. The van der Waals surface area contributed by atoms with Crippen molar-refractivity contribution in [1.29, 1.82) is 0 Å². The maximum atomic E-state index is 12.4. The van der Waals surface area contributed by atoms with E-state index in [1.807, 2.05) is 23.0 Å². The smallest absolute Gasteiger partial charge is 0.276 e. The van der Waals surface area contributed by atoms with Crippen molar-refractivity contribution in [3.05, 3.63) is 42.4 Å². The Balaban J connectivity index is 1.59. The van der Waals surface area contributed by atoms with Crippen LogP contribution in [0.15, 0.2) is 36.7 Å². The van der Waals surface area contributed by atoms with E-state index >= 15 is 0 Å². The number of nitrogens with one attached hydrogen (secondary N) is 1. The predicted molar refractivity (Wildman–Crippen MR) is 104 cm³/mol. The number of carbonyl (C=O) groups is 1. The molecule has 1 aliphatic carbocycles. The summed E-state index contributed by atoms with van der Waals surface area (Å²) in [7, 11) is 1.56. The van der Waals surface area contributed by atoms with Crippen molar-refractivity contribution in [2.45, 2.75) is 31.7 Å². The van der Waals surface area contributed by atoms with Gasteiger partial charge in [0.2, 0.25) is 0 Å². The summed E-state index contributed by atoms with van der Waals surface area (Å²) in [6, 6.07) is 7.30. The summed E-state index contributed by atoms with van der Waals surface area (Å²) in [6.45, 7) is 0.264. The molecule has 1 aromatic carbocycles. The van der Waals surface area contributed by atoms with E-state index in [1.54, 1.807) is 19.2 Å². The SMILES string of the molecule is COc1cc2nn(C3CCC(CO)CC3)cc2cc1NC(=O)c1cccnn1. The molecule has 2 N–H and O–H groups in total. The zero-order valence-electron chi connectivity index (χ0n) is 15.7. The van der Waals surface area contributed by atoms with Gasteiger partial charge in [-0.15, -0.1) is 5.10 Å². The molecule has 1 saturated carbocycles. The normalized spacial score (nSPS) is 19.5. The molecule has 1 fully saturated rings. The third-order valence-electron chi connectivity index (χ3n) is 5.35. The second kappa shape index (κ2) is 7.93. The van der Waals surface area contributed by atoms with Gasteiger partial charge in [-0.05, 0) is 49.8 Å². The second-order valence-electron chi connectivity index (χ2n) is 7.14. The van der Waals surface area contributed by atoms with Crippen LogP contribution in [0.5, 0.6) is 5.75 Å². The lowest BCUT2D eigenvalue weighted by Crippen LogP contribution is -2.20. The number of amides is 1. The van der Waals surface area contributed by atoms with E-state index in [9.17, 15) is 9.90 Å². The average Bonchev–Trinajstić information content (AvgIpc) is 3.16. The molecule has 28 heavy (non-hydrogen) atoms. The molecule has 2 heterocycles. The molecule has 0 saturated heterocycles. The van der Waals surface area contributed by atoms with E-state index in [1.165, 1.54) is 6.20 Å². The molecular formula is C20H23N5O3. The quantitative estimate of drug-likeness (QED) is 0.705. The largest absolute Gasteiger partial charge is 0.494 e. The third-order valence-corrected chi connectivity index (χ3v) is 5.35. The van der Waals surface area contributed by atoms with Gasteiger partial charge in [-0.25, -0.2) is 0 Å². The molecule has 8 nitrogen and oxygen atoms in total. The van der Waals surface area contributed by atoms with Crippen molar-refractivity contribution < 1.29 is 14.6 Å². The number of aliphatic hydroxyl groups excluding tert-OH is 1. The van der Waals surface area contributed by atoms with Crippen molar-refractivity contribution in [2.24, 2.45) is 5.92 Å². The maximum absolute atomic E-state index is 12.4. The van der Waals surface area contributed by atoms with Crippen LogP contribution in [0, 0.1) is 5.92 Å². The van der Waals surface area contributed by atoms with Crippen LogP contribution in [-0.4, -0.2) is 44.7 Å². The monoisotopic (exact) mass is 381 g/mol. The number of benzene rings is 1. The summed E-state index contributed by atoms with van der Waals surface area (Å²) in [6.07, 6.45) is 7.57.